The summed E-state index contributed by atoms with van der Waals surface area (Å²) in [5.74, 6) is -0.250. The van der Waals surface area contributed by atoms with Gasteiger partial charge < -0.3 is 15.5 Å². The number of anilines is 1. The summed E-state index contributed by atoms with van der Waals surface area (Å²) in [4.78, 5) is 14.0. The quantitative estimate of drug-likeness (QED) is 0.893. The van der Waals surface area contributed by atoms with E-state index in [1.54, 1.807) is 12.1 Å². The number of benzene rings is 1. The zero-order valence-corrected chi connectivity index (χ0v) is 11.9. The van der Waals surface area contributed by atoms with Crippen molar-refractivity contribution in [3.05, 3.63) is 45.7 Å². The van der Waals surface area contributed by atoms with Gasteiger partial charge in [-0.05, 0) is 17.7 Å². The van der Waals surface area contributed by atoms with Crippen molar-refractivity contribution >= 4 is 5.82 Å². The van der Waals surface area contributed by atoms with Crippen LogP contribution in [0.1, 0.15) is 11.1 Å². The average molecular weight is 334 g/mol. The maximum absolute atomic E-state index is 12.1. The third-order valence-corrected chi connectivity index (χ3v) is 3.01. The fourth-order valence-electron chi connectivity index (χ4n) is 2.01. The normalized spacial score (nSPS) is 10.7. The number of aromatic nitrogens is 1. The molecule has 3 N–H and O–H groups in total. The first-order valence-electron chi connectivity index (χ1n) is 6.42. The average Bonchev–Trinajstić information content (AvgIpc) is 2.52. The topological polar surface area (TPSA) is 116 Å². The molecule has 2 rings (SSSR count). The highest BCUT2D eigenvalue weighted by Gasteiger charge is 2.28. The van der Waals surface area contributed by atoms with E-state index in [9.17, 15) is 23.2 Å². The van der Waals surface area contributed by atoms with Gasteiger partial charge in [-0.25, -0.2) is 0 Å². The second kappa shape index (κ2) is 6.34. The Morgan fingerprint density at radius 2 is 1.71 bits per heavy atom. The standard InChI is InChI=1S/C15H9F3N4O2/c16-15(17,18)7-24-9-3-1-8(2-4-9)12-10(5-19)13(21)22-14(23)11(12)6-20/h1-4H,7H2,(H3,21,22,23). The van der Waals surface area contributed by atoms with Gasteiger partial charge in [0.25, 0.3) is 5.56 Å². The molecule has 1 aromatic heterocycles. The highest BCUT2D eigenvalue weighted by atomic mass is 19.4. The van der Waals surface area contributed by atoms with Crippen LogP contribution in [0.5, 0.6) is 5.75 Å². The summed E-state index contributed by atoms with van der Waals surface area (Å²) in [6.07, 6.45) is -4.47. The first-order chi connectivity index (χ1) is 11.3. The monoisotopic (exact) mass is 334 g/mol. The predicted octanol–water partition coefficient (Wildman–Crippen LogP) is 2.31. The minimum Gasteiger partial charge on any atom is -0.484 e. The van der Waals surface area contributed by atoms with Crippen LogP contribution in [0.2, 0.25) is 0 Å². The molecule has 0 spiro atoms. The van der Waals surface area contributed by atoms with Crippen LogP contribution in [-0.4, -0.2) is 17.8 Å². The molecule has 0 saturated carbocycles. The Morgan fingerprint density at radius 1 is 1.12 bits per heavy atom. The van der Waals surface area contributed by atoms with Crippen molar-refractivity contribution in [1.29, 1.82) is 10.5 Å². The van der Waals surface area contributed by atoms with Gasteiger partial charge in [0.1, 0.15) is 34.8 Å². The molecule has 9 heteroatoms. The number of ether oxygens (including phenoxy) is 1. The molecule has 0 amide bonds. The van der Waals surface area contributed by atoms with E-state index in [0.29, 0.717) is 0 Å². The zero-order valence-electron chi connectivity index (χ0n) is 11.9. The Kier molecular flexibility index (Phi) is 4.47. The van der Waals surface area contributed by atoms with Crippen molar-refractivity contribution in [2.24, 2.45) is 0 Å². The predicted molar refractivity (Wildman–Crippen MR) is 77.9 cm³/mol. The number of nitriles is 2. The molecular formula is C15H9F3N4O2. The lowest BCUT2D eigenvalue weighted by Gasteiger charge is -2.11. The lowest BCUT2D eigenvalue weighted by molar-refractivity contribution is -0.153. The van der Waals surface area contributed by atoms with Crippen molar-refractivity contribution in [3.8, 4) is 29.0 Å². The largest absolute Gasteiger partial charge is 0.484 e. The fourth-order valence-corrected chi connectivity index (χ4v) is 2.01. The molecule has 0 saturated heterocycles. The summed E-state index contributed by atoms with van der Waals surface area (Å²) in [6.45, 7) is -1.45. The highest BCUT2D eigenvalue weighted by Crippen LogP contribution is 2.29. The van der Waals surface area contributed by atoms with E-state index in [1.165, 1.54) is 24.3 Å². The molecule has 0 aliphatic carbocycles. The van der Waals surface area contributed by atoms with Crippen LogP contribution in [0.4, 0.5) is 19.0 Å². The second-order valence-corrected chi connectivity index (χ2v) is 4.64. The van der Waals surface area contributed by atoms with Crippen LogP contribution >= 0.6 is 0 Å². The van der Waals surface area contributed by atoms with Gasteiger partial charge in [0.2, 0.25) is 0 Å². The number of alkyl halides is 3. The van der Waals surface area contributed by atoms with Crippen molar-refractivity contribution in [3.63, 3.8) is 0 Å². The smallest absolute Gasteiger partial charge is 0.422 e. The number of hydrogen-bond acceptors (Lipinski definition) is 5. The zero-order chi connectivity index (χ0) is 17.9. The number of aromatic amines is 1. The van der Waals surface area contributed by atoms with Gasteiger partial charge in [-0.3, -0.25) is 4.79 Å². The van der Waals surface area contributed by atoms with Crippen LogP contribution in [0.15, 0.2) is 29.1 Å². The van der Waals surface area contributed by atoms with Crippen LogP contribution in [-0.2, 0) is 0 Å². The molecule has 0 radical (unpaired) electrons. The number of hydrogen-bond donors (Lipinski definition) is 2. The molecule has 0 bridgehead atoms. The minimum absolute atomic E-state index is 0.0172. The summed E-state index contributed by atoms with van der Waals surface area (Å²) in [5, 5.41) is 18.3. The number of halogens is 3. The number of nitrogens with one attached hydrogen (secondary N) is 1. The van der Waals surface area contributed by atoms with Crippen LogP contribution in [0.25, 0.3) is 11.1 Å². The Hall–Kier alpha value is -3.46. The molecule has 0 aliphatic rings. The molecule has 122 valence electrons. The fraction of sp³-hybridized carbons (Fsp3) is 0.133. The molecule has 6 nitrogen and oxygen atoms in total. The first kappa shape index (κ1) is 16.9. The van der Waals surface area contributed by atoms with Gasteiger partial charge in [-0.2, -0.15) is 23.7 Å². The van der Waals surface area contributed by atoms with Crippen LogP contribution in [0.3, 0.4) is 0 Å². The number of rotatable bonds is 3. The lowest BCUT2D eigenvalue weighted by atomic mass is 9.97. The number of nitrogens with zero attached hydrogens (tertiary/aromatic N) is 2. The SMILES string of the molecule is N#Cc1c(N)[nH]c(=O)c(C#N)c1-c1ccc(OCC(F)(F)F)cc1. The van der Waals surface area contributed by atoms with E-state index in [0.717, 1.165) is 0 Å². The molecule has 2 aromatic rings. The molecule has 0 unspecified atom stereocenters. The number of nitrogens with two attached hydrogens (primary N) is 1. The molecule has 1 aromatic carbocycles. The third-order valence-electron chi connectivity index (χ3n) is 3.01. The summed E-state index contributed by atoms with van der Waals surface area (Å²) in [5.41, 5.74) is 4.70. The molecule has 1 heterocycles. The van der Waals surface area contributed by atoms with E-state index in [1.807, 2.05) is 0 Å². The first-order valence-corrected chi connectivity index (χ1v) is 6.42. The van der Waals surface area contributed by atoms with E-state index in [-0.39, 0.29) is 33.8 Å². The van der Waals surface area contributed by atoms with Gasteiger partial charge in [0, 0.05) is 5.56 Å². The Morgan fingerprint density at radius 3 is 2.21 bits per heavy atom. The molecule has 0 fully saturated rings. The Labute approximate surface area is 133 Å². The van der Waals surface area contributed by atoms with Gasteiger partial charge in [-0.15, -0.1) is 0 Å². The molecule has 0 aliphatic heterocycles. The summed E-state index contributed by atoms with van der Waals surface area (Å²) < 4.78 is 40.9. The van der Waals surface area contributed by atoms with E-state index in [4.69, 9.17) is 11.0 Å². The van der Waals surface area contributed by atoms with Crippen molar-refractivity contribution in [2.45, 2.75) is 6.18 Å². The van der Waals surface area contributed by atoms with Crippen LogP contribution in [0, 0.1) is 22.7 Å². The Bertz CT molecular complexity index is 903. The molecule has 0 atom stereocenters. The van der Waals surface area contributed by atoms with E-state index >= 15 is 0 Å². The Balaban J connectivity index is 2.48. The van der Waals surface area contributed by atoms with Crippen molar-refractivity contribution in [2.75, 3.05) is 12.3 Å². The minimum atomic E-state index is -4.47. The second-order valence-electron chi connectivity index (χ2n) is 4.64. The van der Waals surface area contributed by atoms with E-state index in [2.05, 4.69) is 9.72 Å². The van der Waals surface area contributed by atoms with Crippen molar-refractivity contribution in [1.82, 2.24) is 4.98 Å². The molecular weight excluding hydrogens is 325 g/mol. The number of nitrogen functional groups attached to an aromatic ring is 1. The van der Waals surface area contributed by atoms with Gasteiger partial charge in [-0.1, -0.05) is 12.1 Å². The maximum atomic E-state index is 12.1. The number of H-pyrrole nitrogens is 1. The highest BCUT2D eigenvalue weighted by molar-refractivity contribution is 5.80. The van der Waals surface area contributed by atoms with Crippen molar-refractivity contribution < 1.29 is 17.9 Å². The summed E-state index contributed by atoms with van der Waals surface area (Å²) >= 11 is 0. The third kappa shape index (κ3) is 3.47. The van der Waals surface area contributed by atoms with Gasteiger partial charge in [0.15, 0.2) is 6.61 Å². The summed E-state index contributed by atoms with van der Waals surface area (Å²) in [7, 11) is 0. The van der Waals surface area contributed by atoms with Crippen LogP contribution < -0.4 is 16.0 Å². The maximum Gasteiger partial charge on any atom is 0.422 e. The van der Waals surface area contributed by atoms with Gasteiger partial charge >= 0.3 is 6.18 Å². The number of pyridine rings is 1. The summed E-state index contributed by atoms with van der Waals surface area (Å²) in [6, 6.07) is 8.63. The van der Waals surface area contributed by atoms with E-state index < -0.39 is 18.3 Å². The lowest BCUT2D eigenvalue weighted by Crippen LogP contribution is -2.19. The molecule has 24 heavy (non-hydrogen) atoms. The van der Waals surface area contributed by atoms with Gasteiger partial charge in [0.05, 0.1) is 0 Å².